The molecule has 0 radical (unpaired) electrons. The largest absolute Gasteiger partial charge is 0.494 e. The smallest absolute Gasteiger partial charge is 0.123 e. The Hall–Kier alpha value is -1.87. The second-order valence-electron chi connectivity index (χ2n) is 5.72. The molecule has 22 heavy (non-hydrogen) atoms. The summed E-state index contributed by atoms with van der Waals surface area (Å²) in [6.07, 6.45) is 1.86. The fourth-order valence-electron chi connectivity index (χ4n) is 2.48. The first-order valence-corrected chi connectivity index (χ1v) is 7.75. The molecular formula is C19H24FNO. The van der Waals surface area contributed by atoms with Crippen LogP contribution in [0.1, 0.15) is 35.4 Å². The lowest BCUT2D eigenvalue weighted by molar-refractivity contribution is 0.301. The molecule has 0 aliphatic heterocycles. The van der Waals surface area contributed by atoms with Crippen LogP contribution in [0.25, 0.3) is 0 Å². The topological polar surface area (TPSA) is 35.2 Å². The quantitative estimate of drug-likeness (QED) is 0.772. The lowest BCUT2D eigenvalue weighted by Gasteiger charge is -2.15. The van der Waals surface area contributed by atoms with Gasteiger partial charge in [-0.3, -0.25) is 0 Å². The predicted octanol–water partition coefficient (Wildman–Crippen LogP) is 4.34. The van der Waals surface area contributed by atoms with Crippen LogP contribution >= 0.6 is 0 Å². The van der Waals surface area contributed by atoms with E-state index in [1.807, 2.05) is 18.2 Å². The number of hydrogen-bond donors (Lipinski definition) is 1. The maximum atomic E-state index is 13.0. The van der Waals surface area contributed by atoms with Crippen molar-refractivity contribution in [2.75, 3.05) is 13.2 Å². The van der Waals surface area contributed by atoms with Crippen molar-refractivity contribution in [2.24, 2.45) is 5.73 Å². The molecule has 2 aromatic carbocycles. The van der Waals surface area contributed by atoms with E-state index in [1.54, 1.807) is 0 Å². The first-order chi connectivity index (χ1) is 10.6. The van der Waals surface area contributed by atoms with Gasteiger partial charge in [-0.2, -0.15) is 0 Å². The standard InChI is InChI=1S/C19H24FNO/c1-14-5-10-19(12-15(14)2)22-11-3-4-17(13-21)16-6-8-18(20)9-7-16/h5-10,12,17H,3-4,11,13,21H2,1-2H3. The summed E-state index contributed by atoms with van der Waals surface area (Å²) in [6.45, 7) is 5.41. The highest BCUT2D eigenvalue weighted by Crippen LogP contribution is 2.21. The molecule has 2 N–H and O–H groups in total. The minimum absolute atomic E-state index is 0.211. The van der Waals surface area contributed by atoms with Crippen molar-refractivity contribution >= 4 is 0 Å². The van der Waals surface area contributed by atoms with Gasteiger partial charge in [0.15, 0.2) is 0 Å². The number of aryl methyl sites for hydroxylation is 2. The molecule has 0 aliphatic carbocycles. The average Bonchev–Trinajstić information content (AvgIpc) is 2.52. The van der Waals surface area contributed by atoms with Crippen molar-refractivity contribution in [3.63, 3.8) is 0 Å². The monoisotopic (exact) mass is 301 g/mol. The number of rotatable bonds is 7. The molecule has 0 saturated heterocycles. The number of hydrogen-bond acceptors (Lipinski definition) is 2. The first kappa shape index (κ1) is 16.5. The second kappa shape index (κ2) is 7.95. The van der Waals surface area contributed by atoms with E-state index in [2.05, 4.69) is 26.0 Å². The van der Waals surface area contributed by atoms with Gasteiger partial charge in [0, 0.05) is 0 Å². The van der Waals surface area contributed by atoms with Gasteiger partial charge in [0.05, 0.1) is 6.61 Å². The summed E-state index contributed by atoms with van der Waals surface area (Å²) in [7, 11) is 0. The number of benzene rings is 2. The molecule has 0 bridgehead atoms. The van der Waals surface area contributed by atoms with Crippen LogP contribution in [-0.2, 0) is 0 Å². The van der Waals surface area contributed by atoms with Crippen LogP contribution in [0.4, 0.5) is 4.39 Å². The molecule has 1 atom stereocenters. The summed E-state index contributed by atoms with van der Waals surface area (Å²) in [6, 6.07) is 12.8. The van der Waals surface area contributed by atoms with Gasteiger partial charge in [-0.15, -0.1) is 0 Å². The highest BCUT2D eigenvalue weighted by Gasteiger charge is 2.09. The fraction of sp³-hybridized carbons (Fsp3) is 0.368. The van der Waals surface area contributed by atoms with Crippen LogP contribution < -0.4 is 10.5 Å². The summed E-state index contributed by atoms with van der Waals surface area (Å²) in [4.78, 5) is 0. The Morgan fingerprint density at radius 3 is 2.41 bits per heavy atom. The Morgan fingerprint density at radius 1 is 1.05 bits per heavy atom. The predicted molar refractivity (Wildman–Crippen MR) is 88.8 cm³/mol. The van der Waals surface area contributed by atoms with E-state index in [1.165, 1.54) is 23.3 Å². The highest BCUT2D eigenvalue weighted by molar-refractivity contribution is 5.33. The van der Waals surface area contributed by atoms with Crippen molar-refractivity contribution in [1.29, 1.82) is 0 Å². The maximum Gasteiger partial charge on any atom is 0.123 e. The molecule has 0 spiro atoms. The third kappa shape index (κ3) is 4.57. The number of halogens is 1. The third-order valence-electron chi connectivity index (χ3n) is 4.07. The van der Waals surface area contributed by atoms with Crippen molar-refractivity contribution in [3.05, 3.63) is 65.0 Å². The van der Waals surface area contributed by atoms with Crippen molar-refractivity contribution in [1.82, 2.24) is 0 Å². The van der Waals surface area contributed by atoms with Crippen LogP contribution in [0.5, 0.6) is 5.75 Å². The zero-order valence-electron chi connectivity index (χ0n) is 13.3. The van der Waals surface area contributed by atoms with Crippen LogP contribution in [0.3, 0.4) is 0 Å². The van der Waals surface area contributed by atoms with Gasteiger partial charge in [-0.05, 0) is 80.1 Å². The van der Waals surface area contributed by atoms with Crippen molar-refractivity contribution in [2.45, 2.75) is 32.6 Å². The van der Waals surface area contributed by atoms with Gasteiger partial charge >= 0.3 is 0 Å². The molecule has 0 fully saturated rings. The van der Waals surface area contributed by atoms with Crippen molar-refractivity contribution < 1.29 is 9.13 Å². The van der Waals surface area contributed by atoms with E-state index in [9.17, 15) is 4.39 Å². The van der Waals surface area contributed by atoms with Crippen LogP contribution in [0.2, 0.25) is 0 Å². The Kier molecular flexibility index (Phi) is 5.96. The molecule has 1 unspecified atom stereocenters. The lowest BCUT2D eigenvalue weighted by Crippen LogP contribution is -2.13. The average molecular weight is 301 g/mol. The van der Waals surface area contributed by atoms with Gasteiger partial charge < -0.3 is 10.5 Å². The molecule has 0 aromatic heterocycles. The van der Waals surface area contributed by atoms with Crippen LogP contribution in [0, 0.1) is 19.7 Å². The second-order valence-corrected chi connectivity index (χ2v) is 5.72. The molecule has 3 heteroatoms. The van der Waals surface area contributed by atoms with Gasteiger partial charge in [0.25, 0.3) is 0 Å². The Bertz CT molecular complexity index is 595. The molecule has 118 valence electrons. The lowest BCUT2D eigenvalue weighted by atomic mass is 9.94. The van der Waals surface area contributed by atoms with Gasteiger partial charge in [0.2, 0.25) is 0 Å². The van der Waals surface area contributed by atoms with Gasteiger partial charge in [-0.25, -0.2) is 4.39 Å². The fourth-order valence-corrected chi connectivity index (χ4v) is 2.48. The number of ether oxygens (including phenoxy) is 1. The SMILES string of the molecule is Cc1ccc(OCCCC(CN)c2ccc(F)cc2)cc1C. The summed E-state index contributed by atoms with van der Waals surface area (Å²) >= 11 is 0. The van der Waals surface area contributed by atoms with Crippen LogP contribution in [0.15, 0.2) is 42.5 Å². The van der Waals surface area contributed by atoms with Crippen LogP contribution in [-0.4, -0.2) is 13.2 Å². The normalized spacial score (nSPS) is 12.2. The molecule has 0 heterocycles. The van der Waals surface area contributed by atoms with E-state index >= 15 is 0 Å². The Labute approximate surface area is 132 Å². The van der Waals surface area contributed by atoms with Crippen molar-refractivity contribution in [3.8, 4) is 5.75 Å². The highest BCUT2D eigenvalue weighted by atomic mass is 19.1. The summed E-state index contributed by atoms with van der Waals surface area (Å²) in [5, 5.41) is 0. The minimum Gasteiger partial charge on any atom is -0.494 e. The minimum atomic E-state index is -0.211. The molecule has 2 aromatic rings. The van der Waals surface area contributed by atoms with E-state index in [0.29, 0.717) is 13.2 Å². The zero-order chi connectivity index (χ0) is 15.9. The molecule has 0 amide bonds. The molecule has 2 nitrogen and oxygen atoms in total. The number of nitrogens with two attached hydrogens (primary N) is 1. The van der Waals surface area contributed by atoms with Gasteiger partial charge in [-0.1, -0.05) is 18.2 Å². The Balaban J connectivity index is 1.81. The summed E-state index contributed by atoms with van der Waals surface area (Å²) in [5.41, 5.74) is 9.44. The molecule has 0 aliphatic rings. The summed E-state index contributed by atoms with van der Waals surface area (Å²) < 4.78 is 18.7. The van der Waals surface area contributed by atoms with E-state index < -0.39 is 0 Å². The Morgan fingerprint density at radius 2 is 1.77 bits per heavy atom. The van der Waals surface area contributed by atoms with E-state index in [4.69, 9.17) is 10.5 Å². The summed E-state index contributed by atoms with van der Waals surface area (Å²) in [5.74, 6) is 0.954. The van der Waals surface area contributed by atoms with E-state index in [0.717, 1.165) is 24.2 Å². The zero-order valence-corrected chi connectivity index (χ0v) is 13.3. The van der Waals surface area contributed by atoms with Gasteiger partial charge in [0.1, 0.15) is 11.6 Å². The molecular weight excluding hydrogens is 277 g/mol. The maximum absolute atomic E-state index is 13.0. The molecule has 0 saturated carbocycles. The first-order valence-electron chi connectivity index (χ1n) is 7.75. The van der Waals surface area contributed by atoms with E-state index in [-0.39, 0.29) is 11.7 Å². The third-order valence-corrected chi connectivity index (χ3v) is 4.07. The molecule has 2 rings (SSSR count).